The molecule has 11 heteroatoms. The Morgan fingerprint density at radius 3 is 2.48 bits per heavy atom. The second kappa shape index (κ2) is 10.8. The van der Waals surface area contributed by atoms with Gasteiger partial charge in [-0.3, -0.25) is 9.69 Å². The van der Waals surface area contributed by atoms with E-state index in [2.05, 4.69) is 46.9 Å². The zero-order valence-corrected chi connectivity index (χ0v) is 18.4. The molecule has 1 atom stereocenters. The summed E-state index contributed by atoms with van der Waals surface area (Å²) >= 11 is 1.84. The molecule has 0 fully saturated rings. The van der Waals surface area contributed by atoms with Crippen molar-refractivity contribution in [1.82, 2.24) is 14.4 Å². The average molecular weight is 462 g/mol. The van der Waals surface area contributed by atoms with Gasteiger partial charge in [-0.25, -0.2) is 4.79 Å². The number of carbonyl (C=O) groups excluding carboxylic acids is 1. The van der Waals surface area contributed by atoms with Gasteiger partial charge in [0.2, 0.25) is 5.91 Å². The highest BCUT2D eigenvalue weighted by Crippen LogP contribution is 2.21. The summed E-state index contributed by atoms with van der Waals surface area (Å²) in [6, 6.07) is 8.62. The molecule has 0 saturated carbocycles. The molecule has 0 spiro atoms. The fraction of sp³-hybridized carbons (Fsp3) is 0.500. The van der Waals surface area contributed by atoms with Gasteiger partial charge in [-0.05, 0) is 31.2 Å². The summed E-state index contributed by atoms with van der Waals surface area (Å²) < 4.78 is 39.9. The number of alkyl halides is 3. The van der Waals surface area contributed by atoms with E-state index in [-0.39, 0.29) is 18.6 Å². The van der Waals surface area contributed by atoms with Gasteiger partial charge in [0.05, 0.1) is 6.10 Å². The van der Waals surface area contributed by atoms with Crippen LogP contribution < -0.4 is 0 Å². The van der Waals surface area contributed by atoms with Crippen molar-refractivity contribution in [3.05, 3.63) is 45.9 Å². The van der Waals surface area contributed by atoms with Gasteiger partial charge in [-0.15, -0.1) is 11.3 Å². The third kappa shape index (κ3) is 8.00. The minimum absolute atomic E-state index is 0.00686. The summed E-state index contributed by atoms with van der Waals surface area (Å²) in [4.78, 5) is 27.4. The lowest BCUT2D eigenvalue weighted by atomic mass is 10.3. The number of nitrogens with zero attached hydrogens (tertiary/aromatic N) is 3. The van der Waals surface area contributed by atoms with Crippen LogP contribution in [0.2, 0.25) is 0 Å². The highest BCUT2D eigenvalue weighted by molar-refractivity contribution is 7.11. The van der Waals surface area contributed by atoms with E-state index in [9.17, 15) is 18.0 Å². The number of likely N-dealkylation sites (N-methyl/N-ethyl adjacent to an activating group) is 1. The van der Waals surface area contributed by atoms with Gasteiger partial charge >= 0.3 is 12.1 Å². The van der Waals surface area contributed by atoms with E-state index in [1.54, 1.807) is 19.0 Å². The average Bonchev–Trinajstić information content (AvgIpc) is 3.23. The zero-order chi connectivity index (χ0) is 23.2. The lowest BCUT2D eigenvalue weighted by Gasteiger charge is -2.24. The Hall–Kier alpha value is -2.37. The summed E-state index contributed by atoms with van der Waals surface area (Å²) in [5, 5.41) is 7.12. The predicted molar refractivity (Wildman–Crippen MR) is 110 cm³/mol. The monoisotopic (exact) mass is 461 g/mol. The quantitative estimate of drug-likeness (QED) is 0.741. The number of ether oxygens (including phenoxy) is 1. The van der Waals surface area contributed by atoms with E-state index in [0.717, 1.165) is 26.2 Å². The first kappa shape index (κ1) is 24.9. The smallest absolute Gasteiger partial charge is 0.475 e. The number of carboxylic acids is 1. The molecule has 0 radical (unpaired) electrons. The maximum absolute atomic E-state index is 11.8. The second-order valence-corrected chi connectivity index (χ2v) is 8.73. The molecule has 2 aromatic rings. The molecule has 0 aliphatic carbocycles. The maximum Gasteiger partial charge on any atom is 0.490 e. The summed E-state index contributed by atoms with van der Waals surface area (Å²) in [5.74, 6) is -2.75. The van der Waals surface area contributed by atoms with Crippen molar-refractivity contribution in [3.8, 4) is 0 Å². The van der Waals surface area contributed by atoms with Crippen LogP contribution >= 0.6 is 11.3 Å². The molecule has 0 saturated heterocycles. The van der Waals surface area contributed by atoms with Crippen LogP contribution in [-0.4, -0.2) is 70.9 Å². The van der Waals surface area contributed by atoms with E-state index in [1.165, 1.54) is 15.4 Å². The van der Waals surface area contributed by atoms with Crippen molar-refractivity contribution in [2.45, 2.75) is 38.8 Å². The SMILES string of the molecule is Cc1ccc(CN2Cc3cccn3CC(OCC(=O)N(C)C)C2)s1.O=C(O)C(F)(F)F. The lowest BCUT2D eigenvalue weighted by molar-refractivity contribution is -0.192. The summed E-state index contributed by atoms with van der Waals surface area (Å²) in [6.45, 7) is 5.74. The van der Waals surface area contributed by atoms with Crippen molar-refractivity contribution < 1.29 is 32.6 Å². The highest BCUT2D eigenvalue weighted by Gasteiger charge is 2.38. The summed E-state index contributed by atoms with van der Waals surface area (Å²) in [5.41, 5.74) is 1.30. The molecule has 0 aromatic carbocycles. The fourth-order valence-corrected chi connectivity index (χ4v) is 3.90. The van der Waals surface area contributed by atoms with Crippen LogP contribution in [0.3, 0.4) is 0 Å². The predicted octanol–water partition coefficient (Wildman–Crippen LogP) is 2.98. The van der Waals surface area contributed by atoms with Gasteiger partial charge in [0.1, 0.15) is 6.61 Å². The van der Waals surface area contributed by atoms with Crippen LogP contribution in [-0.2, 0) is 34.0 Å². The molecule has 7 nitrogen and oxygen atoms in total. The number of carboxylic acid groups (broad SMARTS) is 1. The van der Waals surface area contributed by atoms with E-state index in [1.807, 2.05) is 11.3 Å². The molecule has 31 heavy (non-hydrogen) atoms. The number of hydrogen-bond acceptors (Lipinski definition) is 5. The van der Waals surface area contributed by atoms with E-state index >= 15 is 0 Å². The number of fused-ring (bicyclic) bond motifs is 1. The maximum atomic E-state index is 11.8. The van der Waals surface area contributed by atoms with E-state index in [4.69, 9.17) is 14.6 Å². The minimum Gasteiger partial charge on any atom is -0.475 e. The third-order valence-electron chi connectivity index (χ3n) is 4.53. The topological polar surface area (TPSA) is 75.0 Å². The van der Waals surface area contributed by atoms with Crippen LogP contribution in [0, 0.1) is 6.92 Å². The zero-order valence-electron chi connectivity index (χ0n) is 17.6. The van der Waals surface area contributed by atoms with Crippen LogP contribution in [0.5, 0.6) is 0 Å². The molecule has 172 valence electrons. The van der Waals surface area contributed by atoms with E-state index in [0.29, 0.717) is 0 Å². The number of halogens is 3. The Morgan fingerprint density at radius 2 is 1.94 bits per heavy atom. The molecule has 3 rings (SSSR count). The molecular formula is C20H26F3N3O4S. The van der Waals surface area contributed by atoms with Crippen molar-refractivity contribution in [1.29, 1.82) is 0 Å². The molecule has 0 bridgehead atoms. The highest BCUT2D eigenvalue weighted by atomic mass is 32.1. The van der Waals surface area contributed by atoms with Crippen LogP contribution in [0.25, 0.3) is 0 Å². The number of carbonyl (C=O) groups is 2. The number of hydrogen-bond donors (Lipinski definition) is 1. The number of thiophene rings is 1. The molecule has 3 heterocycles. The van der Waals surface area contributed by atoms with Crippen LogP contribution in [0.1, 0.15) is 15.4 Å². The first-order chi connectivity index (χ1) is 14.5. The van der Waals surface area contributed by atoms with Crippen LogP contribution in [0.15, 0.2) is 30.5 Å². The molecular weight excluding hydrogens is 435 g/mol. The third-order valence-corrected chi connectivity index (χ3v) is 5.52. The molecule has 2 aromatic heterocycles. The number of amides is 1. The standard InChI is InChI=1S/C18H25N3O2S.C2HF3O2/c1-14-6-7-17(24-14)12-20-9-15-5-4-8-21(15)11-16(10-20)23-13-18(22)19(2)3;3-2(4,5)1(6)7/h4-8,16H,9-13H2,1-3H3;(H,6,7). The number of aryl methyl sites for hydroxylation is 1. The van der Waals surface area contributed by atoms with Gasteiger partial charge < -0.3 is 19.3 Å². The van der Waals surface area contributed by atoms with Crippen molar-refractivity contribution >= 4 is 23.2 Å². The minimum atomic E-state index is -5.08. The van der Waals surface area contributed by atoms with Gasteiger partial charge in [0, 0.05) is 61.9 Å². The summed E-state index contributed by atoms with van der Waals surface area (Å²) in [7, 11) is 3.52. The lowest BCUT2D eigenvalue weighted by Crippen LogP contribution is -2.35. The Balaban J connectivity index is 0.000000423. The van der Waals surface area contributed by atoms with Crippen LogP contribution in [0.4, 0.5) is 13.2 Å². The Labute approximate surface area is 182 Å². The largest absolute Gasteiger partial charge is 0.490 e. The van der Waals surface area contributed by atoms with Gasteiger partial charge in [0.25, 0.3) is 0 Å². The van der Waals surface area contributed by atoms with Gasteiger partial charge in [-0.1, -0.05) is 0 Å². The number of aliphatic carboxylic acids is 1. The van der Waals surface area contributed by atoms with Gasteiger partial charge in [0.15, 0.2) is 0 Å². The number of rotatable bonds is 5. The van der Waals surface area contributed by atoms with Crippen molar-refractivity contribution in [3.63, 3.8) is 0 Å². The first-order valence-electron chi connectivity index (χ1n) is 9.49. The number of aromatic nitrogens is 1. The molecule has 1 aliphatic heterocycles. The van der Waals surface area contributed by atoms with E-state index < -0.39 is 12.1 Å². The fourth-order valence-electron chi connectivity index (χ4n) is 2.96. The Kier molecular flexibility index (Phi) is 8.66. The second-order valence-electron chi connectivity index (χ2n) is 7.36. The normalized spacial score (nSPS) is 16.6. The first-order valence-corrected chi connectivity index (χ1v) is 10.3. The van der Waals surface area contributed by atoms with Crippen molar-refractivity contribution in [2.75, 3.05) is 27.2 Å². The molecule has 1 aliphatic rings. The van der Waals surface area contributed by atoms with Gasteiger partial charge in [-0.2, -0.15) is 13.2 Å². The van der Waals surface area contributed by atoms with Crippen molar-refractivity contribution in [2.24, 2.45) is 0 Å². The Morgan fingerprint density at radius 1 is 1.26 bits per heavy atom. The molecule has 1 unspecified atom stereocenters. The summed E-state index contributed by atoms with van der Waals surface area (Å²) in [6.07, 6.45) is -2.97. The Bertz CT molecular complexity index is 879. The molecule has 1 amide bonds. The molecule has 1 N–H and O–H groups in total.